The van der Waals surface area contributed by atoms with Gasteiger partial charge in [0.05, 0.1) is 5.69 Å². The molecule has 0 fully saturated rings. The van der Waals surface area contributed by atoms with Crippen LogP contribution in [0.25, 0.3) is 66.1 Å². The predicted octanol–water partition coefficient (Wildman–Crippen LogP) is 17.6. The topological polar surface area (TPSA) is 6.48 Å². The Hall–Kier alpha value is -8.46. The Morgan fingerprint density at radius 2 is 0.578 bits per heavy atom. The van der Waals surface area contributed by atoms with Gasteiger partial charge in [-0.2, -0.15) is 0 Å². The fraction of sp³-hybridized carbons (Fsp3) is 0. The third kappa shape index (κ3) is 7.70. The van der Waals surface area contributed by atoms with Crippen molar-refractivity contribution in [3.05, 3.63) is 267 Å². The van der Waals surface area contributed by atoms with E-state index in [4.69, 9.17) is 0 Å². The van der Waals surface area contributed by atoms with Gasteiger partial charge in [-0.1, -0.05) is 194 Å². The molecule has 0 N–H and O–H groups in total. The minimum Gasteiger partial charge on any atom is -0.310 e. The Kier molecular flexibility index (Phi) is 10.3. The summed E-state index contributed by atoms with van der Waals surface area (Å²) in [5.74, 6) is 0. The Labute approximate surface area is 375 Å². The Balaban J connectivity index is 0.986. The molecule has 2 nitrogen and oxygen atoms in total. The van der Waals surface area contributed by atoms with Gasteiger partial charge in [0.15, 0.2) is 0 Å². The highest BCUT2D eigenvalue weighted by atomic mass is 15.1. The second kappa shape index (κ2) is 17.1. The maximum Gasteiger partial charge on any atom is 0.0540 e. The molecule has 0 saturated carbocycles. The third-order valence-electron chi connectivity index (χ3n) is 12.2. The molecule has 11 aromatic rings. The predicted molar refractivity (Wildman–Crippen MR) is 273 cm³/mol. The minimum atomic E-state index is 1.08. The summed E-state index contributed by atoms with van der Waals surface area (Å²) < 4.78 is 0. The van der Waals surface area contributed by atoms with E-state index in [2.05, 4.69) is 277 Å². The quantitative estimate of drug-likeness (QED) is 0.136. The third-order valence-corrected chi connectivity index (χ3v) is 12.2. The average Bonchev–Trinajstić information content (AvgIpc) is 3.38. The van der Waals surface area contributed by atoms with E-state index >= 15 is 0 Å². The van der Waals surface area contributed by atoms with Crippen LogP contribution in [-0.4, -0.2) is 0 Å². The van der Waals surface area contributed by atoms with Gasteiger partial charge in [0.1, 0.15) is 0 Å². The molecule has 0 atom stereocenters. The van der Waals surface area contributed by atoms with E-state index in [1.807, 2.05) is 0 Å². The Bertz CT molecular complexity index is 3280. The highest BCUT2D eigenvalue weighted by Crippen LogP contribution is 2.43. The van der Waals surface area contributed by atoms with Crippen LogP contribution in [0.1, 0.15) is 0 Å². The van der Waals surface area contributed by atoms with E-state index in [1.165, 1.54) is 54.9 Å². The fourth-order valence-electron chi connectivity index (χ4n) is 8.97. The molecular weight excluding hydrogens is 773 g/mol. The van der Waals surface area contributed by atoms with E-state index < -0.39 is 0 Å². The number of rotatable bonds is 10. The SMILES string of the molecule is c1ccc(-c2ccc(N(c3ccc(-c4ccc(N(c5ccc6ccccc6c5)c5cccc6ccccc56)cc4)cc3)c3cc(-c4ccccc4)cc(-c4ccccc4)c3)cc2)cc1. The van der Waals surface area contributed by atoms with Crippen molar-refractivity contribution in [1.29, 1.82) is 0 Å². The minimum absolute atomic E-state index is 1.08. The van der Waals surface area contributed by atoms with E-state index in [-0.39, 0.29) is 0 Å². The fourth-order valence-corrected chi connectivity index (χ4v) is 8.97. The number of benzene rings is 11. The lowest BCUT2D eigenvalue weighted by Gasteiger charge is -2.28. The van der Waals surface area contributed by atoms with Gasteiger partial charge in [0.25, 0.3) is 0 Å². The Morgan fingerprint density at radius 1 is 0.188 bits per heavy atom. The van der Waals surface area contributed by atoms with Crippen LogP contribution in [-0.2, 0) is 0 Å². The zero-order chi connectivity index (χ0) is 42.7. The first kappa shape index (κ1) is 38.5. The van der Waals surface area contributed by atoms with Crippen molar-refractivity contribution in [3.63, 3.8) is 0 Å². The van der Waals surface area contributed by atoms with Gasteiger partial charge >= 0.3 is 0 Å². The molecule has 11 rings (SSSR count). The lowest BCUT2D eigenvalue weighted by atomic mass is 9.97. The van der Waals surface area contributed by atoms with Gasteiger partial charge in [-0.25, -0.2) is 0 Å². The highest BCUT2D eigenvalue weighted by molar-refractivity contribution is 6.00. The van der Waals surface area contributed by atoms with Gasteiger partial charge in [-0.3, -0.25) is 0 Å². The number of hydrogen-bond acceptors (Lipinski definition) is 2. The molecule has 0 aromatic heterocycles. The molecule has 2 heteroatoms. The van der Waals surface area contributed by atoms with Crippen molar-refractivity contribution in [2.75, 3.05) is 9.80 Å². The molecule has 0 amide bonds. The zero-order valence-electron chi connectivity index (χ0n) is 35.3. The summed E-state index contributed by atoms with van der Waals surface area (Å²) in [7, 11) is 0. The molecule has 0 heterocycles. The molecule has 0 saturated heterocycles. The molecule has 302 valence electrons. The second-order valence-electron chi connectivity index (χ2n) is 16.2. The zero-order valence-corrected chi connectivity index (χ0v) is 35.3. The van der Waals surface area contributed by atoms with E-state index in [0.717, 1.165) is 45.3 Å². The van der Waals surface area contributed by atoms with Gasteiger partial charge in [-0.05, 0) is 133 Å². The van der Waals surface area contributed by atoms with Gasteiger partial charge < -0.3 is 9.80 Å². The maximum absolute atomic E-state index is 2.38. The summed E-state index contributed by atoms with van der Waals surface area (Å²) in [5, 5.41) is 4.87. The number of anilines is 6. The first-order valence-corrected chi connectivity index (χ1v) is 21.9. The molecule has 0 bridgehead atoms. The number of hydrogen-bond donors (Lipinski definition) is 0. The molecular formula is C62H44N2. The normalized spacial score (nSPS) is 11.1. The molecule has 0 aliphatic carbocycles. The van der Waals surface area contributed by atoms with Crippen LogP contribution in [0.4, 0.5) is 34.1 Å². The van der Waals surface area contributed by atoms with E-state index in [0.29, 0.717) is 0 Å². The lowest BCUT2D eigenvalue weighted by molar-refractivity contribution is 1.28. The first-order chi connectivity index (χ1) is 31.7. The van der Waals surface area contributed by atoms with E-state index in [1.54, 1.807) is 0 Å². The van der Waals surface area contributed by atoms with Crippen molar-refractivity contribution in [2.24, 2.45) is 0 Å². The van der Waals surface area contributed by atoms with Crippen molar-refractivity contribution < 1.29 is 0 Å². The summed E-state index contributed by atoms with van der Waals surface area (Å²) in [5.41, 5.74) is 16.0. The van der Waals surface area contributed by atoms with Gasteiger partial charge in [0.2, 0.25) is 0 Å². The van der Waals surface area contributed by atoms with Crippen LogP contribution in [0.3, 0.4) is 0 Å². The monoisotopic (exact) mass is 816 g/mol. The number of fused-ring (bicyclic) bond motifs is 2. The molecule has 0 aliphatic rings. The molecule has 0 aliphatic heterocycles. The largest absolute Gasteiger partial charge is 0.310 e. The van der Waals surface area contributed by atoms with Gasteiger partial charge in [-0.15, -0.1) is 0 Å². The van der Waals surface area contributed by atoms with Crippen LogP contribution >= 0.6 is 0 Å². The van der Waals surface area contributed by atoms with Crippen molar-refractivity contribution in [1.82, 2.24) is 0 Å². The maximum atomic E-state index is 2.38. The van der Waals surface area contributed by atoms with Crippen molar-refractivity contribution >= 4 is 55.7 Å². The smallest absolute Gasteiger partial charge is 0.0540 e. The molecule has 0 spiro atoms. The summed E-state index contributed by atoms with van der Waals surface area (Å²) in [4.78, 5) is 4.77. The van der Waals surface area contributed by atoms with Crippen LogP contribution in [0.5, 0.6) is 0 Å². The molecule has 11 aromatic carbocycles. The summed E-state index contributed by atoms with van der Waals surface area (Å²) in [6.45, 7) is 0. The van der Waals surface area contributed by atoms with Crippen LogP contribution in [0, 0.1) is 0 Å². The van der Waals surface area contributed by atoms with Crippen molar-refractivity contribution in [2.45, 2.75) is 0 Å². The summed E-state index contributed by atoms with van der Waals surface area (Å²) in [6.07, 6.45) is 0. The van der Waals surface area contributed by atoms with Crippen molar-refractivity contribution in [3.8, 4) is 44.5 Å². The van der Waals surface area contributed by atoms with E-state index in [9.17, 15) is 0 Å². The van der Waals surface area contributed by atoms with Gasteiger partial charge in [0, 0.05) is 33.8 Å². The molecule has 0 unspecified atom stereocenters. The first-order valence-electron chi connectivity index (χ1n) is 21.9. The van der Waals surface area contributed by atoms with Crippen LogP contribution in [0.2, 0.25) is 0 Å². The van der Waals surface area contributed by atoms with Crippen LogP contribution < -0.4 is 9.80 Å². The summed E-state index contributed by atoms with van der Waals surface area (Å²) in [6, 6.07) is 96.4. The average molecular weight is 817 g/mol. The summed E-state index contributed by atoms with van der Waals surface area (Å²) >= 11 is 0. The van der Waals surface area contributed by atoms with Crippen LogP contribution in [0.15, 0.2) is 267 Å². The standard InChI is InChI=1S/C62H44N2/c1-4-15-45(16-5-1)49-27-34-56(35-28-49)63(60-43-54(46-17-6-2-7-18-46)41-55(44-60)47-19-8-3-9-20-47)57-36-29-50(30-37-57)51-31-38-58(39-32-51)64(59-40-33-48-21-10-11-23-53(48)42-59)62-26-14-24-52-22-12-13-25-61(52)62/h1-44H. The molecule has 64 heavy (non-hydrogen) atoms. The number of nitrogens with zero attached hydrogens (tertiary/aromatic N) is 2. The second-order valence-corrected chi connectivity index (χ2v) is 16.2. The Morgan fingerprint density at radius 3 is 1.11 bits per heavy atom. The molecule has 0 radical (unpaired) electrons. The highest BCUT2D eigenvalue weighted by Gasteiger charge is 2.19. The lowest BCUT2D eigenvalue weighted by Crippen LogP contribution is -2.10.